The molecule has 7 atom stereocenters. The summed E-state index contributed by atoms with van der Waals surface area (Å²) in [4.78, 5) is 2.82. The Morgan fingerprint density at radius 2 is 1.75 bits per heavy atom. The quantitative estimate of drug-likeness (QED) is 0.623. The second-order valence-electron chi connectivity index (χ2n) is 11.5. The van der Waals surface area contributed by atoms with Crippen molar-refractivity contribution in [2.45, 2.75) is 89.6 Å². The molecule has 0 aliphatic heterocycles. The lowest BCUT2D eigenvalue weighted by atomic mass is 9.45. The zero-order valence-electron chi connectivity index (χ0n) is 19.7. The number of aliphatic hydroxyl groups is 1. The fourth-order valence-electron chi connectivity index (χ4n) is 8.09. The molecule has 4 aliphatic rings. The van der Waals surface area contributed by atoms with Crippen LogP contribution in [-0.4, -0.2) is 25.3 Å². The van der Waals surface area contributed by atoms with E-state index in [1.165, 1.54) is 19.3 Å². The molecule has 0 heterocycles. The fourth-order valence-corrected chi connectivity index (χ4v) is 8.92. The summed E-state index contributed by atoms with van der Waals surface area (Å²) in [6, 6.07) is 6.92. The van der Waals surface area contributed by atoms with Crippen molar-refractivity contribution in [3.05, 3.63) is 29.8 Å². The Hall–Kier alpha value is -1.40. The number of sulfonamides is 1. The van der Waals surface area contributed by atoms with E-state index < -0.39 is 10.0 Å². The third-order valence-electron chi connectivity index (χ3n) is 10.0. The molecule has 4 saturated carbocycles. The van der Waals surface area contributed by atoms with Crippen LogP contribution in [0.15, 0.2) is 34.3 Å². The molecule has 176 valence electrons. The summed E-state index contributed by atoms with van der Waals surface area (Å²) < 4.78 is 25.6. The smallest absolute Gasteiger partial charge is 0.276 e. The molecule has 0 saturated heterocycles. The van der Waals surface area contributed by atoms with Gasteiger partial charge in [0.1, 0.15) is 0 Å². The van der Waals surface area contributed by atoms with Crippen molar-refractivity contribution in [1.29, 1.82) is 0 Å². The van der Waals surface area contributed by atoms with Crippen molar-refractivity contribution < 1.29 is 13.5 Å². The van der Waals surface area contributed by atoms with Gasteiger partial charge in [0.2, 0.25) is 0 Å². The summed E-state index contributed by atoms with van der Waals surface area (Å²) >= 11 is 0. The molecule has 0 bridgehead atoms. The third kappa shape index (κ3) is 3.53. The maximum absolute atomic E-state index is 12.8. The van der Waals surface area contributed by atoms with Crippen molar-refractivity contribution in [3.63, 3.8) is 0 Å². The van der Waals surface area contributed by atoms with Crippen LogP contribution in [0, 0.1) is 41.4 Å². The van der Waals surface area contributed by atoms with Gasteiger partial charge in [-0.1, -0.05) is 31.5 Å². The zero-order valence-corrected chi connectivity index (χ0v) is 20.5. The first-order valence-electron chi connectivity index (χ1n) is 12.5. The van der Waals surface area contributed by atoms with Crippen LogP contribution in [-0.2, 0) is 10.0 Å². The second kappa shape index (κ2) is 7.83. The van der Waals surface area contributed by atoms with E-state index in [4.69, 9.17) is 0 Å². The standard InChI is InChI=1S/C26H38N2O3S/c1-17-4-7-20(8-5-17)32(30,31)28-27-24-11-10-22-21-9-6-18-16-19(29)12-14-25(18,2)23(21)13-15-26(22,24)3/h4-5,7-8,18-19,21-23,28-29H,6,9-16H2,1-3H3/b27-24-/t18-,19-,21-,22-,23-,25-,26-/m0/s1. The van der Waals surface area contributed by atoms with Gasteiger partial charge in [0, 0.05) is 11.1 Å². The molecule has 4 aliphatic carbocycles. The lowest BCUT2D eigenvalue weighted by molar-refractivity contribution is -0.113. The predicted molar refractivity (Wildman–Crippen MR) is 127 cm³/mol. The number of fused-ring (bicyclic) bond motifs is 5. The molecule has 0 spiro atoms. The molecule has 0 unspecified atom stereocenters. The molecule has 1 aromatic carbocycles. The van der Waals surface area contributed by atoms with Crippen molar-refractivity contribution in [2.24, 2.45) is 39.6 Å². The van der Waals surface area contributed by atoms with Crippen molar-refractivity contribution in [1.82, 2.24) is 4.83 Å². The first-order chi connectivity index (χ1) is 15.1. The average Bonchev–Trinajstić information content (AvgIpc) is 3.09. The number of nitrogens with zero attached hydrogens (tertiary/aromatic N) is 1. The normalized spacial score (nSPS) is 42.8. The highest BCUT2D eigenvalue weighted by atomic mass is 32.2. The Morgan fingerprint density at radius 1 is 1.00 bits per heavy atom. The lowest BCUT2D eigenvalue weighted by Gasteiger charge is -2.60. The van der Waals surface area contributed by atoms with Gasteiger partial charge in [0.05, 0.1) is 11.0 Å². The van der Waals surface area contributed by atoms with Crippen LogP contribution in [0.2, 0.25) is 0 Å². The first kappa shape index (κ1) is 22.4. The Labute approximate surface area is 193 Å². The summed E-state index contributed by atoms with van der Waals surface area (Å²) in [5.74, 6) is 2.68. The SMILES string of the molecule is Cc1ccc(S(=O)(=O)N/N=C2/CC[C@H]3[C@@H]4CC[C@H]5C[C@@H](O)CC[C@]5(C)[C@H]4CC[C@]23C)cc1. The number of hydrogen-bond donors (Lipinski definition) is 2. The van der Waals surface area contributed by atoms with Gasteiger partial charge in [0.25, 0.3) is 10.0 Å². The molecule has 0 amide bonds. The topological polar surface area (TPSA) is 78.8 Å². The van der Waals surface area contributed by atoms with E-state index >= 15 is 0 Å². The number of aryl methyl sites for hydroxylation is 1. The fraction of sp³-hybridized carbons (Fsp3) is 0.731. The van der Waals surface area contributed by atoms with Crippen LogP contribution in [0.25, 0.3) is 0 Å². The Bertz CT molecular complexity index is 1000. The highest BCUT2D eigenvalue weighted by Crippen LogP contribution is 2.65. The van der Waals surface area contributed by atoms with Gasteiger partial charge >= 0.3 is 0 Å². The van der Waals surface area contributed by atoms with Crippen LogP contribution >= 0.6 is 0 Å². The van der Waals surface area contributed by atoms with E-state index in [-0.39, 0.29) is 16.4 Å². The Morgan fingerprint density at radius 3 is 2.50 bits per heavy atom. The van der Waals surface area contributed by atoms with Crippen LogP contribution in [0.1, 0.15) is 77.2 Å². The van der Waals surface area contributed by atoms with Crippen LogP contribution in [0.4, 0.5) is 0 Å². The number of aliphatic hydroxyl groups excluding tert-OH is 1. The summed E-state index contributed by atoms with van der Waals surface area (Å²) in [6.45, 7) is 6.78. The van der Waals surface area contributed by atoms with Gasteiger partial charge in [-0.25, -0.2) is 4.83 Å². The predicted octanol–water partition coefficient (Wildman–Crippen LogP) is 5.03. The van der Waals surface area contributed by atoms with E-state index in [9.17, 15) is 13.5 Å². The molecule has 0 aromatic heterocycles. The minimum Gasteiger partial charge on any atom is -0.393 e. The molecular weight excluding hydrogens is 420 g/mol. The summed E-state index contributed by atoms with van der Waals surface area (Å²) in [5.41, 5.74) is 2.43. The minimum absolute atomic E-state index is 0.00562. The number of benzene rings is 1. The van der Waals surface area contributed by atoms with Gasteiger partial charge in [-0.15, -0.1) is 0 Å². The molecule has 5 nitrogen and oxygen atoms in total. The number of rotatable bonds is 3. The van der Waals surface area contributed by atoms with Gasteiger partial charge in [-0.3, -0.25) is 0 Å². The highest BCUT2D eigenvalue weighted by Gasteiger charge is 2.59. The maximum Gasteiger partial charge on any atom is 0.276 e. The van der Waals surface area contributed by atoms with E-state index in [1.54, 1.807) is 12.1 Å². The van der Waals surface area contributed by atoms with E-state index in [2.05, 4.69) is 23.8 Å². The van der Waals surface area contributed by atoms with Gasteiger partial charge in [-0.2, -0.15) is 13.5 Å². The molecule has 4 fully saturated rings. The Balaban J connectivity index is 1.35. The highest BCUT2D eigenvalue weighted by molar-refractivity contribution is 7.89. The Kier molecular flexibility index (Phi) is 5.48. The van der Waals surface area contributed by atoms with Gasteiger partial charge in [-0.05, 0) is 106 Å². The second-order valence-corrected chi connectivity index (χ2v) is 13.2. The first-order valence-corrected chi connectivity index (χ1v) is 14.0. The molecule has 5 rings (SSSR count). The molecule has 1 aromatic rings. The van der Waals surface area contributed by atoms with Crippen molar-refractivity contribution in [3.8, 4) is 0 Å². The monoisotopic (exact) mass is 458 g/mol. The van der Waals surface area contributed by atoms with Crippen LogP contribution < -0.4 is 4.83 Å². The average molecular weight is 459 g/mol. The maximum atomic E-state index is 12.8. The van der Waals surface area contributed by atoms with E-state index in [0.717, 1.165) is 55.7 Å². The molecular formula is C26H38N2O3S. The number of hydrogen-bond acceptors (Lipinski definition) is 4. The molecule has 0 radical (unpaired) electrons. The van der Waals surface area contributed by atoms with Gasteiger partial charge in [0.15, 0.2) is 0 Å². The van der Waals surface area contributed by atoms with Crippen LogP contribution in [0.5, 0.6) is 0 Å². The molecule has 6 heteroatoms. The van der Waals surface area contributed by atoms with Gasteiger partial charge < -0.3 is 5.11 Å². The summed E-state index contributed by atoms with van der Waals surface area (Å²) in [6.07, 6.45) is 9.76. The zero-order chi connectivity index (χ0) is 22.7. The summed E-state index contributed by atoms with van der Waals surface area (Å²) in [7, 11) is -3.64. The largest absolute Gasteiger partial charge is 0.393 e. The molecule has 32 heavy (non-hydrogen) atoms. The van der Waals surface area contributed by atoms with Crippen molar-refractivity contribution >= 4 is 15.7 Å². The minimum atomic E-state index is -3.64. The van der Waals surface area contributed by atoms with E-state index in [1.807, 2.05) is 19.1 Å². The number of nitrogens with one attached hydrogen (secondary N) is 1. The lowest BCUT2D eigenvalue weighted by Crippen LogP contribution is -2.54. The summed E-state index contributed by atoms with van der Waals surface area (Å²) in [5, 5.41) is 14.8. The van der Waals surface area contributed by atoms with E-state index in [0.29, 0.717) is 23.2 Å². The third-order valence-corrected chi connectivity index (χ3v) is 11.2. The molecule has 2 N–H and O–H groups in total. The van der Waals surface area contributed by atoms with Crippen molar-refractivity contribution in [2.75, 3.05) is 0 Å². The number of hydrazone groups is 1. The van der Waals surface area contributed by atoms with Crippen LogP contribution in [0.3, 0.4) is 0 Å².